The Bertz CT molecular complexity index is 683. The van der Waals surface area contributed by atoms with Gasteiger partial charge in [-0.1, -0.05) is 30.3 Å². The number of nitrogens with one attached hydrogen (secondary N) is 1. The number of anilines is 1. The first-order chi connectivity index (χ1) is 10.2. The van der Waals surface area contributed by atoms with Gasteiger partial charge in [-0.25, -0.2) is 0 Å². The predicted octanol–water partition coefficient (Wildman–Crippen LogP) is 3.24. The van der Waals surface area contributed by atoms with E-state index in [1.54, 1.807) is 37.5 Å². The van der Waals surface area contributed by atoms with E-state index in [2.05, 4.69) is 5.32 Å². The molecule has 4 heteroatoms. The number of amides is 1. The van der Waals surface area contributed by atoms with Crippen molar-refractivity contribution in [3.63, 3.8) is 0 Å². The van der Waals surface area contributed by atoms with Crippen molar-refractivity contribution in [2.24, 2.45) is 0 Å². The molecule has 0 aromatic heterocycles. The number of carbonyl (C=O) groups excluding carboxylic acids is 1. The van der Waals surface area contributed by atoms with Crippen molar-refractivity contribution in [3.05, 3.63) is 65.7 Å². The van der Waals surface area contributed by atoms with E-state index in [9.17, 15) is 4.79 Å². The van der Waals surface area contributed by atoms with Gasteiger partial charge in [0.25, 0.3) is 5.91 Å². The van der Waals surface area contributed by atoms with Gasteiger partial charge in [-0.05, 0) is 35.9 Å². The molecule has 0 spiro atoms. The highest BCUT2D eigenvalue weighted by molar-refractivity contribution is 6.09. The summed E-state index contributed by atoms with van der Waals surface area (Å²) in [5.74, 6) is 0.264. The van der Waals surface area contributed by atoms with Gasteiger partial charge >= 0.3 is 0 Å². The maximum atomic E-state index is 12.1. The molecule has 21 heavy (non-hydrogen) atoms. The highest BCUT2D eigenvalue weighted by Crippen LogP contribution is 2.16. The number of rotatable bonds is 4. The summed E-state index contributed by atoms with van der Waals surface area (Å²) in [5, 5.41) is 11.8. The third kappa shape index (κ3) is 3.95. The van der Waals surface area contributed by atoms with Gasteiger partial charge in [0.05, 0.1) is 7.11 Å². The summed E-state index contributed by atoms with van der Waals surface area (Å²) in [4.78, 5) is 12.1. The molecule has 2 aromatic rings. The van der Waals surface area contributed by atoms with Gasteiger partial charge in [0.2, 0.25) is 0 Å². The maximum absolute atomic E-state index is 12.1. The van der Waals surface area contributed by atoms with Crippen LogP contribution in [0.15, 0.2) is 60.2 Å². The second kappa shape index (κ2) is 6.92. The van der Waals surface area contributed by atoms with Gasteiger partial charge in [0, 0.05) is 5.69 Å². The Hall–Kier alpha value is -3.06. The zero-order chi connectivity index (χ0) is 15.1. The topological polar surface area (TPSA) is 62.1 Å². The SMILES string of the molecule is COc1ccc(NC(=O)/C(C#N)=C/c2ccccc2)cc1. The largest absolute Gasteiger partial charge is 0.497 e. The van der Waals surface area contributed by atoms with Crippen LogP contribution in [0.25, 0.3) is 6.08 Å². The summed E-state index contributed by atoms with van der Waals surface area (Å²) in [6, 6.07) is 18.1. The fourth-order valence-corrected chi connectivity index (χ4v) is 1.74. The van der Waals surface area contributed by atoms with E-state index >= 15 is 0 Å². The number of benzene rings is 2. The number of methoxy groups -OCH3 is 1. The highest BCUT2D eigenvalue weighted by atomic mass is 16.5. The number of hydrogen-bond acceptors (Lipinski definition) is 3. The molecule has 0 saturated carbocycles. The molecular weight excluding hydrogens is 264 g/mol. The first kappa shape index (κ1) is 14.4. The van der Waals surface area contributed by atoms with Crippen molar-refractivity contribution in [2.75, 3.05) is 12.4 Å². The van der Waals surface area contributed by atoms with Crippen LogP contribution in [0.4, 0.5) is 5.69 Å². The average molecular weight is 278 g/mol. The Morgan fingerprint density at radius 2 is 1.81 bits per heavy atom. The van der Waals surface area contributed by atoms with Crippen LogP contribution in [0.5, 0.6) is 5.75 Å². The highest BCUT2D eigenvalue weighted by Gasteiger charge is 2.09. The van der Waals surface area contributed by atoms with Gasteiger partial charge < -0.3 is 10.1 Å². The molecule has 0 aliphatic rings. The summed E-state index contributed by atoms with van der Waals surface area (Å²) < 4.78 is 5.05. The molecule has 1 amide bonds. The summed E-state index contributed by atoms with van der Waals surface area (Å²) >= 11 is 0. The Balaban J connectivity index is 2.13. The first-order valence-corrected chi connectivity index (χ1v) is 6.35. The number of nitrogens with zero attached hydrogens (tertiary/aromatic N) is 1. The van der Waals surface area contributed by atoms with Crippen LogP contribution in [0.2, 0.25) is 0 Å². The summed E-state index contributed by atoms with van der Waals surface area (Å²) in [5.41, 5.74) is 1.46. The Morgan fingerprint density at radius 1 is 1.14 bits per heavy atom. The van der Waals surface area contributed by atoms with E-state index in [-0.39, 0.29) is 5.57 Å². The third-order valence-electron chi connectivity index (χ3n) is 2.82. The number of ether oxygens (including phenoxy) is 1. The molecule has 0 radical (unpaired) electrons. The summed E-state index contributed by atoms with van der Waals surface area (Å²) in [7, 11) is 1.57. The number of carbonyl (C=O) groups is 1. The van der Waals surface area contributed by atoms with Crippen molar-refractivity contribution in [1.82, 2.24) is 0 Å². The van der Waals surface area contributed by atoms with E-state index in [1.807, 2.05) is 36.4 Å². The molecule has 0 atom stereocenters. The normalized spacial score (nSPS) is 10.6. The molecule has 104 valence electrons. The van der Waals surface area contributed by atoms with Crippen LogP contribution >= 0.6 is 0 Å². The fourth-order valence-electron chi connectivity index (χ4n) is 1.74. The van der Waals surface area contributed by atoms with Gasteiger partial charge in [-0.15, -0.1) is 0 Å². The molecule has 1 N–H and O–H groups in total. The number of hydrogen-bond donors (Lipinski definition) is 1. The molecular formula is C17H14N2O2. The molecule has 0 bridgehead atoms. The van der Waals surface area contributed by atoms with Crippen LogP contribution in [0, 0.1) is 11.3 Å². The van der Waals surface area contributed by atoms with Gasteiger partial charge in [-0.3, -0.25) is 4.79 Å². The lowest BCUT2D eigenvalue weighted by Crippen LogP contribution is -2.13. The van der Waals surface area contributed by atoms with Crippen molar-refractivity contribution >= 4 is 17.7 Å². The van der Waals surface area contributed by atoms with Crippen molar-refractivity contribution < 1.29 is 9.53 Å². The number of nitriles is 1. The first-order valence-electron chi connectivity index (χ1n) is 6.35. The molecule has 0 heterocycles. The Kier molecular flexibility index (Phi) is 4.73. The zero-order valence-electron chi connectivity index (χ0n) is 11.5. The second-order valence-corrected chi connectivity index (χ2v) is 4.26. The van der Waals surface area contributed by atoms with E-state index in [0.29, 0.717) is 11.4 Å². The monoisotopic (exact) mass is 278 g/mol. The molecule has 0 fully saturated rings. The van der Waals surface area contributed by atoms with Crippen LogP contribution in [0.3, 0.4) is 0 Å². The molecule has 0 aliphatic carbocycles. The van der Waals surface area contributed by atoms with Crippen molar-refractivity contribution in [3.8, 4) is 11.8 Å². The predicted molar refractivity (Wildman–Crippen MR) is 81.7 cm³/mol. The second-order valence-electron chi connectivity index (χ2n) is 4.26. The van der Waals surface area contributed by atoms with Crippen LogP contribution < -0.4 is 10.1 Å². The van der Waals surface area contributed by atoms with Crippen LogP contribution in [0.1, 0.15) is 5.56 Å². The zero-order valence-corrected chi connectivity index (χ0v) is 11.5. The van der Waals surface area contributed by atoms with E-state index in [0.717, 1.165) is 5.56 Å². The Labute approximate surface area is 123 Å². The summed E-state index contributed by atoms with van der Waals surface area (Å²) in [6.45, 7) is 0. The minimum atomic E-state index is -0.438. The lowest BCUT2D eigenvalue weighted by molar-refractivity contribution is -0.112. The molecule has 0 saturated heterocycles. The molecule has 0 aliphatic heterocycles. The van der Waals surface area contributed by atoms with Crippen LogP contribution in [-0.2, 0) is 4.79 Å². The molecule has 2 aromatic carbocycles. The van der Waals surface area contributed by atoms with E-state index < -0.39 is 5.91 Å². The van der Waals surface area contributed by atoms with Gasteiger partial charge in [-0.2, -0.15) is 5.26 Å². The average Bonchev–Trinajstić information content (AvgIpc) is 2.54. The van der Waals surface area contributed by atoms with Gasteiger partial charge in [0.15, 0.2) is 0 Å². The van der Waals surface area contributed by atoms with Gasteiger partial charge in [0.1, 0.15) is 17.4 Å². The van der Waals surface area contributed by atoms with E-state index in [4.69, 9.17) is 10.00 Å². The molecule has 0 unspecified atom stereocenters. The minimum Gasteiger partial charge on any atom is -0.497 e. The summed E-state index contributed by atoms with van der Waals surface area (Å²) in [6.07, 6.45) is 1.55. The van der Waals surface area contributed by atoms with Crippen LogP contribution in [-0.4, -0.2) is 13.0 Å². The minimum absolute atomic E-state index is 0.0528. The smallest absolute Gasteiger partial charge is 0.266 e. The lowest BCUT2D eigenvalue weighted by atomic mass is 10.1. The van der Waals surface area contributed by atoms with Crippen molar-refractivity contribution in [1.29, 1.82) is 5.26 Å². The Morgan fingerprint density at radius 3 is 2.38 bits per heavy atom. The quantitative estimate of drug-likeness (QED) is 0.689. The standard InChI is InChI=1S/C17H14N2O2/c1-21-16-9-7-15(8-10-16)19-17(20)14(12-18)11-13-5-3-2-4-6-13/h2-11H,1H3,(H,19,20)/b14-11+. The van der Waals surface area contributed by atoms with E-state index in [1.165, 1.54) is 0 Å². The molecule has 2 rings (SSSR count). The third-order valence-corrected chi connectivity index (χ3v) is 2.82. The molecule has 4 nitrogen and oxygen atoms in total. The maximum Gasteiger partial charge on any atom is 0.266 e. The lowest BCUT2D eigenvalue weighted by Gasteiger charge is -2.05. The fraction of sp³-hybridized carbons (Fsp3) is 0.0588. The van der Waals surface area contributed by atoms with Crippen molar-refractivity contribution in [2.45, 2.75) is 0 Å².